The van der Waals surface area contributed by atoms with Crippen molar-refractivity contribution in [3.05, 3.63) is 30.1 Å². The van der Waals surface area contributed by atoms with Crippen molar-refractivity contribution in [2.75, 3.05) is 26.2 Å². The van der Waals surface area contributed by atoms with Crippen LogP contribution in [0, 0.1) is 5.82 Å². The van der Waals surface area contributed by atoms with Crippen molar-refractivity contribution in [3.63, 3.8) is 0 Å². The number of carbonyl (C=O) groups excluding carboxylic acids is 1. The maximum atomic E-state index is 12.8. The Kier molecular flexibility index (Phi) is 7.46. The zero-order valence-electron chi connectivity index (χ0n) is 14.2. The average molecular weight is 338 g/mol. The second-order valence-electron chi connectivity index (χ2n) is 6.16. The molecule has 1 aromatic rings. The fourth-order valence-electron chi connectivity index (χ4n) is 3.05. The van der Waals surface area contributed by atoms with Crippen LogP contribution in [-0.2, 0) is 4.79 Å². The van der Waals surface area contributed by atoms with Crippen LogP contribution in [0.4, 0.5) is 4.39 Å². The Morgan fingerprint density at radius 2 is 2.17 bits per heavy atom. The molecule has 2 unspecified atom stereocenters. The molecule has 1 aliphatic rings. The molecule has 2 rings (SSSR count). The Balaban J connectivity index is 1.69. The van der Waals surface area contributed by atoms with E-state index < -0.39 is 0 Å². The summed E-state index contributed by atoms with van der Waals surface area (Å²) in [5.74, 6) is 0.210. The van der Waals surface area contributed by atoms with Gasteiger partial charge in [-0.2, -0.15) is 0 Å². The Morgan fingerprint density at radius 1 is 1.42 bits per heavy atom. The van der Waals surface area contributed by atoms with Gasteiger partial charge in [0.25, 0.3) is 0 Å². The lowest BCUT2D eigenvalue weighted by molar-refractivity contribution is -0.124. The van der Waals surface area contributed by atoms with Gasteiger partial charge in [-0.15, -0.1) is 0 Å². The Bertz CT molecular complexity index is 509. The van der Waals surface area contributed by atoms with Crippen molar-refractivity contribution in [1.82, 2.24) is 10.2 Å². The minimum Gasteiger partial charge on any atom is -0.492 e. The van der Waals surface area contributed by atoms with E-state index in [0.29, 0.717) is 31.9 Å². The van der Waals surface area contributed by atoms with E-state index in [1.807, 2.05) is 6.92 Å². The molecule has 1 aliphatic heterocycles. The predicted octanol–water partition coefficient (Wildman–Crippen LogP) is 1.95. The van der Waals surface area contributed by atoms with Crippen molar-refractivity contribution in [2.45, 2.75) is 44.8 Å². The molecule has 24 heavy (non-hydrogen) atoms. The van der Waals surface area contributed by atoms with Crippen LogP contribution in [0.15, 0.2) is 24.3 Å². The van der Waals surface area contributed by atoms with Crippen molar-refractivity contribution in [3.8, 4) is 5.75 Å². The van der Waals surface area contributed by atoms with Gasteiger partial charge < -0.3 is 15.2 Å². The van der Waals surface area contributed by atoms with Crippen LogP contribution in [0.25, 0.3) is 0 Å². The molecule has 2 atom stereocenters. The first-order valence-electron chi connectivity index (χ1n) is 8.67. The Hall–Kier alpha value is -1.66. The number of nitrogens with zero attached hydrogens (tertiary/aromatic N) is 1. The molecule has 5 nitrogen and oxygen atoms in total. The molecule has 1 saturated heterocycles. The van der Waals surface area contributed by atoms with Gasteiger partial charge in [-0.05, 0) is 50.1 Å². The molecule has 0 saturated carbocycles. The van der Waals surface area contributed by atoms with Crippen molar-refractivity contribution in [2.24, 2.45) is 0 Å². The maximum absolute atomic E-state index is 12.8. The quantitative estimate of drug-likeness (QED) is 0.711. The summed E-state index contributed by atoms with van der Waals surface area (Å²) in [6, 6.07) is 5.86. The van der Waals surface area contributed by atoms with Gasteiger partial charge in [0.2, 0.25) is 5.91 Å². The summed E-state index contributed by atoms with van der Waals surface area (Å²) >= 11 is 0. The molecule has 1 fully saturated rings. The minimum atomic E-state index is -0.375. The number of hydrogen-bond acceptors (Lipinski definition) is 4. The van der Waals surface area contributed by atoms with Gasteiger partial charge in [-0.25, -0.2) is 4.39 Å². The topological polar surface area (TPSA) is 61.8 Å². The first-order valence-corrected chi connectivity index (χ1v) is 8.67. The van der Waals surface area contributed by atoms with Gasteiger partial charge in [-0.3, -0.25) is 9.69 Å². The molecule has 6 heteroatoms. The van der Waals surface area contributed by atoms with Crippen LogP contribution < -0.4 is 10.1 Å². The minimum absolute atomic E-state index is 0.0621. The molecule has 0 aliphatic carbocycles. The standard InChI is InChI=1S/C18H27FN2O3/c1-2-17(22)16-5-3-4-11-21(16)13-18(23)20-10-12-24-15-8-6-14(19)7-9-15/h6-9,16-17,22H,2-5,10-13H2,1H3,(H,20,23). The number of hydrogen-bond donors (Lipinski definition) is 2. The summed E-state index contributed by atoms with van der Waals surface area (Å²) in [7, 11) is 0. The smallest absolute Gasteiger partial charge is 0.234 e. The number of aliphatic hydroxyl groups excluding tert-OH is 1. The Morgan fingerprint density at radius 3 is 2.88 bits per heavy atom. The first kappa shape index (κ1) is 18.7. The van der Waals surface area contributed by atoms with Gasteiger partial charge in [-0.1, -0.05) is 13.3 Å². The van der Waals surface area contributed by atoms with Gasteiger partial charge in [0.1, 0.15) is 18.2 Å². The highest BCUT2D eigenvalue weighted by Gasteiger charge is 2.28. The number of ether oxygens (including phenoxy) is 1. The second kappa shape index (κ2) is 9.59. The van der Waals surface area contributed by atoms with E-state index in [-0.39, 0.29) is 23.9 Å². The summed E-state index contributed by atoms with van der Waals surface area (Å²) in [6.07, 6.45) is 3.43. The van der Waals surface area contributed by atoms with Gasteiger partial charge in [0.15, 0.2) is 0 Å². The van der Waals surface area contributed by atoms with Crippen LogP contribution in [-0.4, -0.2) is 54.3 Å². The van der Waals surface area contributed by atoms with E-state index in [4.69, 9.17) is 4.74 Å². The maximum Gasteiger partial charge on any atom is 0.234 e. The largest absolute Gasteiger partial charge is 0.492 e. The summed E-state index contributed by atoms with van der Waals surface area (Å²) in [4.78, 5) is 14.2. The van der Waals surface area contributed by atoms with Gasteiger partial charge in [0.05, 0.1) is 19.2 Å². The van der Waals surface area contributed by atoms with Crippen molar-refractivity contribution >= 4 is 5.91 Å². The summed E-state index contributed by atoms with van der Waals surface area (Å²) < 4.78 is 18.2. The number of carbonyl (C=O) groups is 1. The van der Waals surface area contributed by atoms with E-state index in [2.05, 4.69) is 10.2 Å². The zero-order valence-corrected chi connectivity index (χ0v) is 14.2. The van der Waals surface area contributed by atoms with Crippen LogP contribution in [0.5, 0.6) is 5.75 Å². The summed E-state index contributed by atoms with van der Waals surface area (Å²) in [5, 5.41) is 12.9. The number of likely N-dealkylation sites (tertiary alicyclic amines) is 1. The molecular formula is C18H27FN2O3. The highest BCUT2D eigenvalue weighted by molar-refractivity contribution is 5.78. The number of benzene rings is 1. The summed E-state index contributed by atoms with van der Waals surface area (Å²) in [6.45, 7) is 3.84. The lowest BCUT2D eigenvalue weighted by Gasteiger charge is -2.37. The number of halogens is 1. The van der Waals surface area contributed by atoms with Crippen LogP contribution in [0.1, 0.15) is 32.6 Å². The third-order valence-corrected chi connectivity index (χ3v) is 4.38. The SMILES string of the molecule is CCC(O)C1CCCCN1CC(=O)NCCOc1ccc(F)cc1. The molecule has 0 spiro atoms. The highest BCUT2D eigenvalue weighted by atomic mass is 19.1. The fraction of sp³-hybridized carbons (Fsp3) is 0.611. The van der Waals surface area contributed by atoms with Crippen LogP contribution in [0.2, 0.25) is 0 Å². The number of nitrogens with one attached hydrogen (secondary N) is 1. The third-order valence-electron chi connectivity index (χ3n) is 4.38. The first-order chi connectivity index (χ1) is 11.6. The number of piperidine rings is 1. The van der Waals surface area contributed by atoms with E-state index in [1.165, 1.54) is 12.1 Å². The van der Waals surface area contributed by atoms with E-state index >= 15 is 0 Å². The van der Waals surface area contributed by atoms with Crippen LogP contribution in [0.3, 0.4) is 0 Å². The molecular weight excluding hydrogens is 311 g/mol. The fourth-order valence-corrected chi connectivity index (χ4v) is 3.05. The third kappa shape index (κ3) is 5.76. The zero-order chi connectivity index (χ0) is 17.4. The molecule has 1 heterocycles. The molecule has 0 aromatic heterocycles. The van der Waals surface area contributed by atoms with E-state index in [1.54, 1.807) is 12.1 Å². The molecule has 2 N–H and O–H groups in total. The number of amides is 1. The number of aliphatic hydroxyl groups is 1. The lowest BCUT2D eigenvalue weighted by atomic mass is 9.96. The molecule has 134 valence electrons. The number of rotatable bonds is 8. The highest BCUT2D eigenvalue weighted by Crippen LogP contribution is 2.20. The van der Waals surface area contributed by atoms with Crippen molar-refractivity contribution in [1.29, 1.82) is 0 Å². The van der Waals surface area contributed by atoms with E-state index in [0.717, 1.165) is 25.8 Å². The predicted molar refractivity (Wildman–Crippen MR) is 90.4 cm³/mol. The molecule has 0 radical (unpaired) electrons. The lowest BCUT2D eigenvalue weighted by Crippen LogP contribution is -2.50. The average Bonchev–Trinajstić information content (AvgIpc) is 2.60. The summed E-state index contributed by atoms with van der Waals surface area (Å²) in [5.41, 5.74) is 0. The van der Waals surface area contributed by atoms with Crippen LogP contribution >= 0.6 is 0 Å². The van der Waals surface area contributed by atoms with Gasteiger partial charge >= 0.3 is 0 Å². The molecule has 0 bridgehead atoms. The second-order valence-corrected chi connectivity index (χ2v) is 6.16. The van der Waals surface area contributed by atoms with E-state index in [9.17, 15) is 14.3 Å². The monoisotopic (exact) mass is 338 g/mol. The van der Waals surface area contributed by atoms with Gasteiger partial charge in [0, 0.05) is 6.04 Å². The molecule has 1 amide bonds. The van der Waals surface area contributed by atoms with Crippen molar-refractivity contribution < 1.29 is 19.0 Å². The Labute approximate surface area is 142 Å². The normalized spacial score (nSPS) is 19.7. The molecule has 1 aromatic carbocycles.